The van der Waals surface area contributed by atoms with Crippen LogP contribution in [0.1, 0.15) is 10.5 Å². The van der Waals surface area contributed by atoms with Crippen LogP contribution in [0.25, 0.3) is 11.0 Å². The lowest BCUT2D eigenvalue weighted by atomic mass is 10.2. The zero-order chi connectivity index (χ0) is 9.42. The van der Waals surface area contributed by atoms with Crippen LogP contribution in [0.2, 0.25) is 0 Å². The van der Waals surface area contributed by atoms with Crippen molar-refractivity contribution in [1.82, 2.24) is 4.98 Å². The second-order valence-electron chi connectivity index (χ2n) is 2.52. The van der Waals surface area contributed by atoms with E-state index in [-0.39, 0.29) is 5.69 Å². The fourth-order valence-electron chi connectivity index (χ4n) is 1.05. The average molecular weight is 241 g/mol. The minimum Gasteiger partial charge on any atom is -0.448 e. The van der Waals surface area contributed by atoms with Gasteiger partial charge in [0.25, 0.3) is 5.91 Å². The molecule has 2 rings (SSSR count). The van der Waals surface area contributed by atoms with E-state index in [9.17, 15) is 4.79 Å². The number of nitrogens with zero attached hydrogens (tertiary/aromatic N) is 1. The van der Waals surface area contributed by atoms with Crippen LogP contribution in [0.5, 0.6) is 0 Å². The van der Waals surface area contributed by atoms with E-state index in [1.807, 2.05) is 0 Å². The molecule has 0 radical (unpaired) electrons. The fraction of sp³-hybridized carbons (Fsp3) is 0. The van der Waals surface area contributed by atoms with Gasteiger partial charge in [-0.05, 0) is 28.1 Å². The minimum atomic E-state index is -0.542. The molecule has 0 atom stereocenters. The van der Waals surface area contributed by atoms with Crippen LogP contribution in [0.4, 0.5) is 0 Å². The van der Waals surface area contributed by atoms with Crippen LogP contribution in [0.15, 0.2) is 27.4 Å². The third-order valence-corrected chi connectivity index (χ3v) is 2.02. The molecule has 2 N–H and O–H groups in total. The van der Waals surface area contributed by atoms with Crippen LogP contribution in [0.3, 0.4) is 0 Å². The van der Waals surface area contributed by atoms with Crippen LogP contribution in [-0.2, 0) is 0 Å². The van der Waals surface area contributed by atoms with Gasteiger partial charge in [0.05, 0.1) is 6.20 Å². The summed E-state index contributed by atoms with van der Waals surface area (Å²) in [4.78, 5) is 14.6. The predicted octanol–water partition coefficient (Wildman–Crippen LogP) is 1.69. The third kappa shape index (κ3) is 1.42. The molecule has 0 unspecified atom stereocenters. The molecule has 0 aliphatic rings. The number of carbonyl (C=O) groups excluding carboxylic acids is 1. The van der Waals surface area contributed by atoms with Crippen LogP contribution >= 0.6 is 15.9 Å². The predicted molar refractivity (Wildman–Crippen MR) is 50.2 cm³/mol. The van der Waals surface area contributed by atoms with Gasteiger partial charge in [-0.15, -0.1) is 0 Å². The maximum absolute atomic E-state index is 10.8. The number of fused-ring (bicyclic) bond motifs is 1. The molecule has 0 aliphatic carbocycles. The maximum atomic E-state index is 10.8. The Balaban J connectivity index is 2.67. The van der Waals surface area contributed by atoms with Crippen molar-refractivity contribution < 1.29 is 9.21 Å². The first-order chi connectivity index (χ1) is 6.16. The highest BCUT2D eigenvalue weighted by Gasteiger charge is 2.06. The monoisotopic (exact) mass is 240 g/mol. The molecular formula is C8H5BrN2O2. The molecule has 0 aliphatic heterocycles. The maximum Gasteiger partial charge on any atom is 0.267 e. The Morgan fingerprint density at radius 2 is 2.31 bits per heavy atom. The molecule has 0 spiro atoms. The topological polar surface area (TPSA) is 69.1 Å². The van der Waals surface area contributed by atoms with Gasteiger partial charge in [-0.3, -0.25) is 4.79 Å². The van der Waals surface area contributed by atoms with Crippen molar-refractivity contribution in [1.29, 1.82) is 0 Å². The molecule has 2 heterocycles. The van der Waals surface area contributed by atoms with Gasteiger partial charge >= 0.3 is 0 Å². The van der Waals surface area contributed by atoms with E-state index in [0.29, 0.717) is 10.3 Å². The number of amides is 1. The first-order valence-electron chi connectivity index (χ1n) is 3.52. The quantitative estimate of drug-likeness (QED) is 0.825. The molecule has 0 fully saturated rings. The number of furan rings is 1. The Hall–Kier alpha value is -1.36. The molecule has 2 aromatic heterocycles. The Labute approximate surface area is 81.9 Å². The van der Waals surface area contributed by atoms with Crippen molar-refractivity contribution in [2.24, 2.45) is 5.73 Å². The highest BCUT2D eigenvalue weighted by Crippen LogP contribution is 2.22. The molecule has 2 aromatic rings. The first kappa shape index (κ1) is 8.25. The summed E-state index contributed by atoms with van der Waals surface area (Å²) in [6, 6.07) is 3.34. The average Bonchev–Trinajstić information content (AvgIpc) is 2.42. The molecule has 5 heteroatoms. The van der Waals surface area contributed by atoms with Gasteiger partial charge in [-0.25, -0.2) is 4.98 Å². The summed E-state index contributed by atoms with van der Waals surface area (Å²) in [6.45, 7) is 0. The highest BCUT2D eigenvalue weighted by molar-refractivity contribution is 9.10. The Morgan fingerprint density at radius 1 is 1.54 bits per heavy atom. The van der Waals surface area contributed by atoms with Crippen LogP contribution in [-0.4, -0.2) is 10.9 Å². The molecular weight excluding hydrogens is 236 g/mol. The molecule has 0 bridgehead atoms. The zero-order valence-electron chi connectivity index (χ0n) is 6.45. The van der Waals surface area contributed by atoms with E-state index in [4.69, 9.17) is 10.2 Å². The van der Waals surface area contributed by atoms with Crippen LogP contribution < -0.4 is 5.73 Å². The van der Waals surface area contributed by atoms with E-state index >= 15 is 0 Å². The Bertz CT molecular complexity index is 478. The van der Waals surface area contributed by atoms with Gasteiger partial charge in [0.1, 0.15) is 5.69 Å². The lowest BCUT2D eigenvalue weighted by Crippen LogP contribution is -2.12. The third-order valence-electron chi connectivity index (χ3n) is 1.63. The lowest BCUT2D eigenvalue weighted by molar-refractivity contribution is 0.0996. The summed E-state index contributed by atoms with van der Waals surface area (Å²) in [7, 11) is 0. The number of aromatic nitrogens is 1. The van der Waals surface area contributed by atoms with E-state index in [1.54, 1.807) is 12.1 Å². The Morgan fingerprint density at radius 3 is 3.00 bits per heavy atom. The van der Waals surface area contributed by atoms with Gasteiger partial charge in [0.2, 0.25) is 0 Å². The second kappa shape index (κ2) is 2.85. The molecule has 13 heavy (non-hydrogen) atoms. The van der Waals surface area contributed by atoms with E-state index < -0.39 is 5.91 Å². The molecule has 0 aromatic carbocycles. The molecule has 4 nitrogen and oxygen atoms in total. The summed E-state index contributed by atoms with van der Waals surface area (Å²) in [5.74, 6) is -0.542. The van der Waals surface area contributed by atoms with Gasteiger partial charge in [0, 0.05) is 5.39 Å². The van der Waals surface area contributed by atoms with Crippen molar-refractivity contribution in [3.05, 3.63) is 28.7 Å². The van der Waals surface area contributed by atoms with Crippen molar-refractivity contribution in [3.63, 3.8) is 0 Å². The van der Waals surface area contributed by atoms with Gasteiger partial charge in [0.15, 0.2) is 10.3 Å². The summed E-state index contributed by atoms with van der Waals surface area (Å²) in [6.07, 6.45) is 1.47. The highest BCUT2D eigenvalue weighted by atomic mass is 79.9. The summed E-state index contributed by atoms with van der Waals surface area (Å²) in [5.41, 5.74) is 5.93. The number of pyridine rings is 1. The Kier molecular flexibility index (Phi) is 1.81. The normalized spacial score (nSPS) is 10.5. The molecule has 0 saturated carbocycles. The number of nitrogens with two attached hydrogens (primary N) is 1. The molecule has 0 saturated heterocycles. The smallest absolute Gasteiger partial charge is 0.267 e. The second-order valence-corrected chi connectivity index (χ2v) is 3.30. The van der Waals surface area contributed by atoms with Crippen LogP contribution in [0, 0.1) is 0 Å². The summed E-state index contributed by atoms with van der Waals surface area (Å²) in [5, 5.41) is 0.802. The number of carbonyl (C=O) groups is 1. The van der Waals surface area contributed by atoms with Gasteiger partial charge in [-0.1, -0.05) is 0 Å². The number of halogens is 1. The molecule has 66 valence electrons. The number of primary amides is 1. The van der Waals surface area contributed by atoms with Crippen molar-refractivity contribution in [2.75, 3.05) is 0 Å². The number of hydrogen-bond acceptors (Lipinski definition) is 3. The largest absolute Gasteiger partial charge is 0.448 e. The summed E-state index contributed by atoms with van der Waals surface area (Å²) >= 11 is 3.18. The van der Waals surface area contributed by atoms with E-state index in [0.717, 1.165) is 5.39 Å². The van der Waals surface area contributed by atoms with Crippen molar-refractivity contribution >= 4 is 32.8 Å². The van der Waals surface area contributed by atoms with Gasteiger partial charge < -0.3 is 10.2 Å². The summed E-state index contributed by atoms with van der Waals surface area (Å²) < 4.78 is 5.81. The first-order valence-corrected chi connectivity index (χ1v) is 4.31. The SMILES string of the molecule is NC(=O)c1cc2cc(Br)oc2cn1. The van der Waals surface area contributed by atoms with E-state index in [2.05, 4.69) is 20.9 Å². The number of hydrogen-bond donors (Lipinski definition) is 1. The minimum absolute atomic E-state index is 0.237. The van der Waals surface area contributed by atoms with Gasteiger partial charge in [-0.2, -0.15) is 0 Å². The van der Waals surface area contributed by atoms with E-state index in [1.165, 1.54) is 6.20 Å². The number of rotatable bonds is 1. The standard InChI is InChI=1S/C8H5BrN2O2/c9-7-2-4-1-5(8(10)12)11-3-6(4)13-7/h1-3H,(H2,10,12). The lowest BCUT2D eigenvalue weighted by Gasteiger charge is -1.92. The van der Waals surface area contributed by atoms with Crippen molar-refractivity contribution in [2.45, 2.75) is 0 Å². The van der Waals surface area contributed by atoms with Crippen molar-refractivity contribution in [3.8, 4) is 0 Å². The molecule has 1 amide bonds. The fourth-order valence-corrected chi connectivity index (χ4v) is 1.47. The zero-order valence-corrected chi connectivity index (χ0v) is 8.04.